The summed E-state index contributed by atoms with van der Waals surface area (Å²) in [6, 6.07) is 11.8. The van der Waals surface area contributed by atoms with Gasteiger partial charge < -0.3 is 14.6 Å². The van der Waals surface area contributed by atoms with Crippen molar-refractivity contribution in [3.63, 3.8) is 0 Å². The molecule has 0 saturated carbocycles. The number of amides is 1. The maximum atomic E-state index is 12.8. The van der Waals surface area contributed by atoms with Crippen molar-refractivity contribution in [3.8, 4) is 17.1 Å². The number of ether oxygens (including phenoxy) is 1. The first kappa shape index (κ1) is 20.9. The van der Waals surface area contributed by atoms with Crippen molar-refractivity contribution in [3.05, 3.63) is 53.1 Å². The SMILES string of the molecule is COc1ccc(-c2nnc(S[C@H](C)C(=O)Nc3c(C)cc(C)cc3C)n2C)cc1. The molecule has 0 aliphatic rings. The number of anilines is 1. The van der Waals surface area contributed by atoms with Crippen molar-refractivity contribution >= 4 is 23.4 Å². The molecule has 3 rings (SSSR count). The lowest BCUT2D eigenvalue weighted by molar-refractivity contribution is -0.115. The Morgan fingerprint density at radius 3 is 2.31 bits per heavy atom. The summed E-state index contributed by atoms with van der Waals surface area (Å²) < 4.78 is 7.10. The van der Waals surface area contributed by atoms with Crippen LogP contribution in [0.1, 0.15) is 23.6 Å². The number of nitrogens with zero attached hydrogens (tertiary/aromatic N) is 3. The molecule has 0 spiro atoms. The van der Waals surface area contributed by atoms with Gasteiger partial charge in [-0.3, -0.25) is 4.79 Å². The number of benzene rings is 2. The van der Waals surface area contributed by atoms with E-state index in [4.69, 9.17) is 4.74 Å². The van der Waals surface area contributed by atoms with Crippen LogP contribution >= 0.6 is 11.8 Å². The number of hydrogen-bond donors (Lipinski definition) is 1. The van der Waals surface area contributed by atoms with Crippen molar-refractivity contribution in [2.45, 2.75) is 38.1 Å². The summed E-state index contributed by atoms with van der Waals surface area (Å²) in [6.07, 6.45) is 0. The Kier molecular flexibility index (Phi) is 6.27. The first-order chi connectivity index (χ1) is 13.8. The number of aromatic nitrogens is 3. The van der Waals surface area contributed by atoms with Gasteiger partial charge in [0.1, 0.15) is 5.75 Å². The molecule has 1 heterocycles. The molecule has 2 aromatic carbocycles. The molecule has 3 aromatic rings. The van der Waals surface area contributed by atoms with Crippen LogP contribution in [0.3, 0.4) is 0 Å². The van der Waals surface area contributed by atoms with E-state index in [1.807, 2.05) is 56.7 Å². The Morgan fingerprint density at radius 2 is 1.72 bits per heavy atom. The second kappa shape index (κ2) is 8.69. The average molecular weight is 411 g/mol. The highest BCUT2D eigenvalue weighted by Crippen LogP contribution is 2.28. The zero-order chi connectivity index (χ0) is 21.1. The number of rotatable bonds is 6. The van der Waals surface area contributed by atoms with Crippen LogP contribution < -0.4 is 10.1 Å². The molecule has 1 N–H and O–H groups in total. The normalized spacial score (nSPS) is 11.9. The van der Waals surface area contributed by atoms with Crippen molar-refractivity contribution in [2.75, 3.05) is 12.4 Å². The van der Waals surface area contributed by atoms with Gasteiger partial charge in [0.05, 0.1) is 12.4 Å². The first-order valence-corrected chi connectivity index (χ1v) is 10.3. The standard InChI is InChI=1S/C22H26N4O2S/c1-13-11-14(2)19(15(3)12-13)23-21(27)16(4)29-22-25-24-20(26(22)5)17-7-9-18(28-6)10-8-17/h7-12,16H,1-6H3,(H,23,27)/t16-/m1/s1. The highest BCUT2D eigenvalue weighted by molar-refractivity contribution is 8.00. The van der Waals surface area contributed by atoms with E-state index in [2.05, 4.69) is 34.6 Å². The Morgan fingerprint density at radius 1 is 1.10 bits per heavy atom. The fraction of sp³-hybridized carbons (Fsp3) is 0.318. The molecule has 1 amide bonds. The van der Waals surface area contributed by atoms with Gasteiger partial charge in [-0.1, -0.05) is 29.5 Å². The zero-order valence-electron chi connectivity index (χ0n) is 17.6. The lowest BCUT2D eigenvalue weighted by Crippen LogP contribution is -2.23. The summed E-state index contributed by atoms with van der Waals surface area (Å²) in [4.78, 5) is 12.8. The molecule has 6 nitrogen and oxygen atoms in total. The van der Waals surface area contributed by atoms with Gasteiger partial charge in [0, 0.05) is 18.3 Å². The first-order valence-electron chi connectivity index (χ1n) is 9.39. The molecular formula is C22H26N4O2S. The van der Waals surface area contributed by atoms with Crippen molar-refractivity contribution in [2.24, 2.45) is 7.05 Å². The molecule has 0 unspecified atom stereocenters. The maximum Gasteiger partial charge on any atom is 0.237 e. The molecule has 0 bridgehead atoms. The summed E-state index contributed by atoms with van der Waals surface area (Å²) in [7, 11) is 3.54. The average Bonchev–Trinajstić information content (AvgIpc) is 3.04. The second-order valence-electron chi connectivity index (χ2n) is 7.12. The molecule has 29 heavy (non-hydrogen) atoms. The highest BCUT2D eigenvalue weighted by atomic mass is 32.2. The minimum atomic E-state index is -0.318. The summed E-state index contributed by atoms with van der Waals surface area (Å²) in [5.74, 6) is 1.48. The lowest BCUT2D eigenvalue weighted by Gasteiger charge is -2.16. The molecule has 152 valence electrons. The van der Waals surface area contributed by atoms with Gasteiger partial charge in [-0.15, -0.1) is 10.2 Å². The van der Waals surface area contributed by atoms with Gasteiger partial charge in [0.25, 0.3) is 0 Å². The monoisotopic (exact) mass is 410 g/mol. The van der Waals surface area contributed by atoms with Crippen LogP contribution in [0.4, 0.5) is 5.69 Å². The topological polar surface area (TPSA) is 69.0 Å². The number of methoxy groups -OCH3 is 1. The summed E-state index contributed by atoms with van der Waals surface area (Å²) in [6.45, 7) is 7.95. The maximum absolute atomic E-state index is 12.8. The van der Waals surface area contributed by atoms with E-state index in [9.17, 15) is 4.79 Å². The molecule has 0 saturated heterocycles. The van der Waals surface area contributed by atoms with Crippen molar-refractivity contribution < 1.29 is 9.53 Å². The van der Waals surface area contributed by atoms with Crippen LogP contribution in [0.25, 0.3) is 11.4 Å². The van der Waals surface area contributed by atoms with Crippen LogP contribution in [-0.2, 0) is 11.8 Å². The summed E-state index contributed by atoms with van der Waals surface area (Å²) >= 11 is 1.39. The van der Waals surface area contributed by atoms with E-state index in [1.165, 1.54) is 17.3 Å². The van der Waals surface area contributed by atoms with E-state index in [0.29, 0.717) is 5.16 Å². The quantitative estimate of drug-likeness (QED) is 0.605. The Balaban J connectivity index is 1.73. The third-order valence-electron chi connectivity index (χ3n) is 4.76. The smallest absolute Gasteiger partial charge is 0.237 e. The summed E-state index contributed by atoms with van der Waals surface area (Å²) in [5.41, 5.74) is 5.13. The molecule has 7 heteroatoms. The molecular weight excluding hydrogens is 384 g/mol. The lowest BCUT2D eigenvalue weighted by atomic mass is 10.1. The van der Waals surface area contributed by atoms with Gasteiger partial charge in [-0.2, -0.15) is 0 Å². The Bertz CT molecular complexity index is 1000. The number of aryl methyl sites for hydroxylation is 3. The molecule has 1 atom stereocenters. The Labute approximate surface area is 175 Å². The predicted molar refractivity (Wildman–Crippen MR) is 118 cm³/mol. The van der Waals surface area contributed by atoms with Crippen molar-refractivity contribution in [1.29, 1.82) is 0 Å². The van der Waals surface area contributed by atoms with Gasteiger partial charge >= 0.3 is 0 Å². The highest BCUT2D eigenvalue weighted by Gasteiger charge is 2.20. The predicted octanol–water partition coefficient (Wildman–Crippen LogP) is 4.54. The largest absolute Gasteiger partial charge is 0.497 e. The zero-order valence-corrected chi connectivity index (χ0v) is 18.4. The number of thioether (sulfide) groups is 1. The molecule has 0 fully saturated rings. The van der Waals surface area contributed by atoms with Crippen LogP contribution in [0.15, 0.2) is 41.6 Å². The van der Waals surface area contributed by atoms with E-state index >= 15 is 0 Å². The number of hydrogen-bond acceptors (Lipinski definition) is 5. The number of nitrogens with one attached hydrogen (secondary N) is 1. The number of carbonyl (C=O) groups excluding carboxylic acids is 1. The second-order valence-corrected chi connectivity index (χ2v) is 8.42. The Hall–Kier alpha value is -2.80. The van der Waals surface area contributed by atoms with Crippen LogP contribution in [0, 0.1) is 20.8 Å². The van der Waals surface area contributed by atoms with Gasteiger partial charge in [-0.05, 0) is 63.1 Å². The van der Waals surface area contributed by atoms with Crippen LogP contribution in [-0.4, -0.2) is 33.0 Å². The minimum Gasteiger partial charge on any atom is -0.497 e. The third kappa shape index (κ3) is 4.62. The van der Waals surface area contributed by atoms with Gasteiger partial charge in [-0.25, -0.2) is 0 Å². The fourth-order valence-corrected chi connectivity index (χ4v) is 4.04. The molecule has 1 aromatic heterocycles. The van der Waals surface area contributed by atoms with E-state index in [0.717, 1.165) is 34.0 Å². The molecule has 0 radical (unpaired) electrons. The third-order valence-corrected chi connectivity index (χ3v) is 5.89. The van der Waals surface area contributed by atoms with E-state index < -0.39 is 0 Å². The number of carbonyl (C=O) groups is 1. The van der Waals surface area contributed by atoms with Gasteiger partial charge in [0.2, 0.25) is 5.91 Å². The minimum absolute atomic E-state index is 0.0564. The molecule has 0 aliphatic heterocycles. The molecule has 0 aliphatic carbocycles. The summed E-state index contributed by atoms with van der Waals surface area (Å²) in [5, 5.41) is 12.0. The van der Waals surface area contributed by atoms with Gasteiger partial charge in [0.15, 0.2) is 11.0 Å². The van der Waals surface area contributed by atoms with Crippen LogP contribution in [0.2, 0.25) is 0 Å². The van der Waals surface area contributed by atoms with Crippen LogP contribution in [0.5, 0.6) is 5.75 Å². The van der Waals surface area contributed by atoms with E-state index in [-0.39, 0.29) is 11.2 Å². The fourth-order valence-electron chi connectivity index (χ4n) is 3.22. The van der Waals surface area contributed by atoms with Crippen molar-refractivity contribution in [1.82, 2.24) is 14.8 Å². The van der Waals surface area contributed by atoms with E-state index in [1.54, 1.807) is 7.11 Å².